The van der Waals surface area contributed by atoms with Gasteiger partial charge in [0.2, 0.25) is 0 Å². The molecule has 0 saturated carbocycles. The minimum absolute atomic E-state index is 0.223. The molecule has 5 heteroatoms. The van der Waals surface area contributed by atoms with Crippen LogP contribution >= 0.6 is 0 Å². The summed E-state index contributed by atoms with van der Waals surface area (Å²) in [6.45, 7) is 3.22. The van der Waals surface area contributed by atoms with Crippen molar-refractivity contribution in [2.24, 2.45) is 5.92 Å². The van der Waals surface area contributed by atoms with Crippen LogP contribution in [0.1, 0.15) is 19.8 Å². The van der Waals surface area contributed by atoms with Crippen molar-refractivity contribution in [2.75, 3.05) is 19.5 Å². The highest BCUT2D eigenvalue weighted by atomic mass is 32.2. The summed E-state index contributed by atoms with van der Waals surface area (Å²) in [5, 5.41) is 0. The zero-order valence-corrected chi connectivity index (χ0v) is 8.84. The molecule has 0 aromatic rings. The third-order valence-electron chi connectivity index (χ3n) is 2.26. The third kappa shape index (κ3) is 4.06. The maximum Gasteiger partial charge on any atom is 0.264 e. The highest BCUT2D eigenvalue weighted by Crippen LogP contribution is 2.21. The van der Waals surface area contributed by atoms with E-state index in [9.17, 15) is 8.42 Å². The first-order valence-corrected chi connectivity index (χ1v) is 6.26. The van der Waals surface area contributed by atoms with E-state index < -0.39 is 10.1 Å². The van der Waals surface area contributed by atoms with E-state index >= 15 is 0 Å². The normalized spacial score (nSPS) is 22.9. The lowest BCUT2D eigenvalue weighted by atomic mass is 9.95. The molecule has 0 aliphatic carbocycles. The predicted molar refractivity (Wildman–Crippen MR) is 48.9 cm³/mol. The third-order valence-corrected chi connectivity index (χ3v) is 2.91. The van der Waals surface area contributed by atoms with Gasteiger partial charge in [-0.25, -0.2) is 0 Å². The van der Waals surface area contributed by atoms with Crippen molar-refractivity contribution in [1.29, 1.82) is 0 Å². The van der Waals surface area contributed by atoms with Gasteiger partial charge in [-0.1, -0.05) is 0 Å². The summed E-state index contributed by atoms with van der Waals surface area (Å²) >= 11 is 0. The fourth-order valence-electron chi connectivity index (χ4n) is 1.54. The van der Waals surface area contributed by atoms with Gasteiger partial charge in [0, 0.05) is 13.2 Å². The molecule has 4 nitrogen and oxygen atoms in total. The summed E-state index contributed by atoms with van der Waals surface area (Å²) in [5.74, 6) is 0.309. The lowest BCUT2D eigenvalue weighted by Crippen LogP contribution is -2.28. The summed E-state index contributed by atoms with van der Waals surface area (Å²) in [4.78, 5) is 0. The van der Waals surface area contributed by atoms with Crippen molar-refractivity contribution in [3.8, 4) is 0 Å². The molecule has 1 heterocycles. The molecule has 0 aromatic carbocycles. The SMILES string of the molecule is C[C@H](OS(C)(=O)=O)C1CCOCC1. The lowest BCUT2D eigenvalue weighted by Gasteiger charge is -2.26. The van der Waals surface area contributed by atoms with Crippen molar-refractivity contribution in [3.63, 3.8) is 0 Å². The van der Waals surface area contributed by atoms with Crippen molar-refractivity contribution in [3.05, 3.63) is 0 Å². The Labute approximate surface area is 79.3 Å². The largest absolute Gasteiger partial charge is 0.381 e. The molecule has 0 aromatic heterocycles. The van der Waals surface area contributed by atoms with Crippen LogP contribution in [0.25, 0.3) is 0 Å². The molecule has 1 aliphatic rings. The standard InChI is InChI=1S/C8H16O4S/c1-7(12-13(2,9)10)8-3-5-11-6-4-8/h7-8H,3-6H2,1-2H3/t7-/m0/s1. The topological polar surface area (TPSA) is 52.6 Å². The highest BCUT2D eigenvalue weighted by Gasteiger charge is 2.23. The predicted octanol–water partition coefficient (Wildman–Crippen LogP) is 0.778. The van der Waals surface area contributed by atoms with Gasteiger partial charge in [-0.3, -0.25) is 4.18 Å². The smallest absolute Gasteiger partial charge is 0.264 e. The summed E-state index contributed by atoms with van der Waals surface area (Å²) < 4.78 is 31.7. The van der Waals surface area contributed by atoms with E-state index in [1.54, 1.807) is 6.92 Å². The lowest BCUT2D eigenvalue weighted by molar-refractivity contribution is 0.0261. The zero-order valence-electron chi connectivity index (χ0n) is 8.02. The molecule has 1 atom stereocenters. The second kappa shape index (κ2) is 4.39. The van der Waals surface area contributed by atoms with Gasteiger partial charge in [-0.15, -0.1) is 0 Å². The van der Waals surface area contributed by atoms with E-state index in [1.165, 1.54) is 0 Å². The van der Waals surface area contributed by atoms with E-state index in [2.05, 4.69) is 0 Å². The molecular formula is C8H16O4S. The average Bonchev–Trinajstić information content (AvgIpc) is 2.03. The number of hydrogen-bond acceptors (Lipinski definition) is 4. The number of ether oxygens (including phenoxy) is 1. The van der Waals surface area contributed by atoms with Gasteiger partial charge in [-0.2, -0.15) is 8.42 Å². The Balaban J connectivity index is 2.42. The summed E-state index contributed by atoms with van der Waals surface area (Å²) in [6, 6.07) is 0. The molecular weight excluding hydrogens is 192 g/mol. The molecule has 1 fully saturated rings. The van der Waals surface area contributed by atoms with Gasteiger partial charge in [0.1, 0.15) is 0 Å². The van der Waals surface area contributed by atoms with Gasteiger partial charge in [-0.05, 0) is 25.7 Å². The van der Waals surface area contributed by atoms with Crippen LogP contribution in [0, 0.1) is 5.92 Å². The minimum Gasteiger partial charge on any atom is -0.381 e. The zero-order chi connectivity index (χ0) is 9.90. The molecule has 1 saturated heterocycles. The molecule has 1 aliphatic heterocycles. The molecule has 13 heavy (non-hydrogen) atoms. The Morgan fingerprint density at radius 2 is 1.92 bits per heavy atom. The Bertz CT molecular complexity index is 241. The maximum absolute atomic E-state index is 10.8. The van der Waals surface area contributed by atoms with Crippen molar-refractivity contribution >= 4 is 10.1 Å². The molecule has 0 bridgehead atoms. The van der Waals surface area contributed by atoms with Gasteiger partial charge in [0.25, 0.3) is 10.1 Å². The van der Waals surface area contributed by atoms with Gasteiger partial charge >= 0.3 is 0 Å². The van der Waals surface area contributed by atoms with Crippen LogP contribution in [0.2, 0.25) is 0 Å². The Hall–Kier alpha value is -0.130. The van der Waals surface area contributed by atoms with E-state index in [4.69, 9.17) is 8.92 Å². The first-order chi connectivity index (χ1) is 5.99. The monoisotopic (exact) mass is 208 g/mol. The van der Waals surface area contributed by atoms with Crippen LogP contribution in [0.15, 0.2) is 0 Å². The Kier molecular flexibility index (Phi) is 3.70. The summed E-state index contributed by atoms with van der Waals surface area (Å²) in [5.41, 5.74) is 0. The van der Waals surface area contributed by atoms with Crippen LogP contribution < -0.4 is 0 Å². The molecule has 1 rings (SSSR count). The van der Waals surface area contributed by atoms with Crippen molar-refractivity contribution in [1.82, 2.24) is 0 Å². The van der Waals surface area contributed by atoms with E-state index in [1.807, 2.05) is 0 Å². The number of hydrogen-bond donors (Lipinski definition) is 0. The van der Waals surface area contributed by atoms with Crippen LogP contribution in [0.4, 0.5) is 0 Å². The minimum atomic E-state index is -3.31. The Morgan fingerprint density at radius 3 is 2.38 bits per heavy atom. The summed E-state index contributed by atoms with van der Waals surface area (Å²) in [6.07, 6.45) is 2.63. The van der Waals surface area contributed by atoms with Crippen LogP contribution in [0.5, 0.6) is 0 Å². The van der Waals surface area contributed by atoms with Crippen LogP contribution in [-0.2, 0) is 19.0 Å². The average molecular weight is 208 g/mol. The fraction of sp³-hybridized carbons (Fsp3) is 1.00. The van der Waals surface area contributed by atoms with E-state index in [0.717, 1.165) is 19.1 Å². The van der Waals surface area contributed by atoms with Gasteiger partial charge in [0.15, 0.2) is 0 Å². The molecule has 0 amide bonds. The number of rotatable bonds is 3. The highest BCUT2D eigenvalue weighted by molar-refractivity contribution is 7.86. The second-order valence-corrected chi connectivity index (χ2v) is 5.06. The van der Waals surface area contributed by atoms with E-state index in [-0.39, 0.29) is 6.10 Å². The van der Waals surface area contributed by atoms with Crippen LogP contribution in [0.3, 0.4) is 0 Å². The quantitative estimate of drug-likeness (QED) is 0.643. The first-order valence-electron chi connectivity index (χ1n) is 4.45. The molecule has 0 unspecified atom stereocenters. The first kappa shape index (κ1) is 10.9. The van der Waals surface area contributed by atoms with Gasteiger partial charge < -0.3 is 4.74 Å². The second-order valence-electron chi connectivity index (χ2n) is 3.46. The van der Waals surface area contributed by atoms with Crippen molar-refractivity contribution in [2.45, 2.75) is 25.9 Å². The molecule has 78 valence electrons. The fourth-order valence-corrected chi connectivity index (χ4v) is 2.25. The molecule has 0 N–H and O–H groups in total. The summed E-state index contributed by atoms with van der Waals surface area (Å²) in [7, 11) is -3.31. The van der Waals surface area contributed by atoms with Gasteiger partial charge in [0.05, 0.1) is 12.4 Å². The van der Waals surface area contributed by atoms with Crippen LogP contribution in [-0.4, -0.2) is 34.0 Å². The Morgan fingerprint density at radius 1 is 1.38 bits per heavy atom. The maximum atomic E-state index is 10.8. The molecule has 0 radical (unpaired) electrons. The van der Waals surface area contributed by atoms with E-state index in [0.29, 0.717) is 19.1 Å². The van der Waals surface area contributed by atoms with Crippen molar-refractivity contribution < 1.29 is 17.3 Å². The molecule has 0 spiro atoms.